The molecule has 0 bridgehead atoms. The Kier molecular flexibility index (Phi) is 5.11. The van der Waals surface area contributed by atoms with Crippen LogP contribution >= 0.6 is 0 Å². The molecule has 0 saturated heterocycles. The van der Waals surface area contributed by atoms with Crippen LogP contribution in [0.1, 0.15) is 27.4 Å². The van der Waals surface area contributed by atoms with Crippen molar-refractivity contribution in [3.8, 4) is 22.6 Å². The van der Waals surface area contributed by atoms with Gasteiger partial charge in [0.05, 0.1) is 17.0 Å². The molecule has 1 amide bonds. The van der Waals surface area contributed by atoms with Crippen LogP contribution in [0.25, 0.3) is 22.6 Å². The second-order valence-electron chi connectivity index (χ2n) is 6.63. The molecule has 3 aromatic heterocycles. The molecule has 0 saturated carbocycles. The molecule has 0 spiro atoms. The standard InChI is InChI=1S/C22H19N5O2/c1-14-11-20(29-27-14)19-13-24-15(2)26-21(19)17-5-3-16(4-6-17)12-25-22(28)18-7-9-23-10-8-18/h3-11,13H,12H2,1-2H3,(H,25,28). The maximum atomic E-state index is 12.2. The van der Waals surface area contributed by atoms with Crippen LogP contribution < -0.4 is 5.32 Å². The minimum atomic E-state index is -0.133. The lowest BCUT2D eigenvalue weighted by Gasteiger charge is -2.09. The lowest BCUT2D eigenvalue weighted by atomic mass is 10.0. The Morgan fingerprint density at radius 2 is 1.83 bits per heavy atom. The number of nitrogens with zero attached hydrogens (tertiary/aromatic N) is 4. The third-order valence-corrected chi connectivity index (χ3v) is 4.43. The number of pyridine rings is 1. The third-order valence-electron chi connectivity index (χ3n) is 4.43. The number of nitrogens with one attached hydrogen (secondary N) is 1. The highest BCUT2D eigenvalue weighted by atomic mass is 16.5. The molecule has 4 aromatic rings. The summed E-state index contributed by atoms with van der Waals surface area (Å²) in [4.78, 5) is 25.0. The minimum absolute atomic E-state index is 0.133. The van der Waals surface area contributed by atoms with Crippen LogP contribution in [0.2, 0.25) is 0 Å². The Morgan fingerprint density at radius 1 is 1.07 bits per heavy atom. The van der Waals surface area contributed by atoms with E-state index in [0.29, 0.717) is 23.7 Å². The highest BCUT2D eigenvalue weighted by molar-refractivity contribution is 5.93. The predicted molar refractivity (Wildman–Crippen MR) is 108 cm³/mol. The van der Waals surface area contributed by atoms with Gasteiger partial charge in [-0.15, -0.1) is 0 Å². The van der Waals surface area contributed by atoms with Gasteiger partial charge in [-0.25, -0.2) is 9.97 Å². The summed E-state index contributed by atoms with van der Waals surface area (Å²) in [5, 5.41) is 6.86. The first kappa shape index (κ1) is 18.5. The molecule has 0 atom stereocenters. The molecular weight excluding hydrogens is 366 g/mol. The van der Waals surface area contributed by atoms with E-state index in [1.807, 2.05) is 44.2 Å². The molecule has 7 heteroatoms. The average molecular weight is 385 g/mol. The molecule has 0 aliphatic carbocycles. The molecule has 0 unspecified atom stereocenters. The van der Waals surface area contributed by atoms with E-state index < -0.39 is 0 Å². The van der Waals surface area contributed by atoms with E-state index in [0.717, 1.165) is 28.1 Å². The van der Waals surface area contributed by atoms with Crippen molar-refractivity contribution < 1.29 is 9.32 Å². The van der Waals surface area contributed by atoms with Crippen molar-refractivity contribution in [2.75, 3.05) is 0 Å². The van der Waals surface area contributed by atoms with Gasteiger partial charge in [-0.2, -0.15) is 0 Å². The average Bonchev–Trinajstić information content (AvgIpc) is 3.19. The molecule has 1 aromatic carbocycles. The van der Waals surface area contributed by atoms with Gasteiger partial charge in [-0.3, -0.25) is 9.78 Å². The Balaban J connectivity index is 1.54. The number of aryl methyl sites for hydroxylation is 2. The van der Waals surface area contributed by atoms with E-state index in [9.17, 15) is 4.79 Å². The number of benzene rings is 1. The SMILES string of the molecule is Cc1cc(-c2cnc(C)nc2-c2ccc(CNC(=O)c3ccncc3)cc2)on1. The molecule has 4 rings (SSSR count). The minimum Gasteiger partial charge on any atom is -0.356 e. The van der Waals surface area contributed by atoms with Crippen molar-refractivity contribution in [1.29, 1.82) is 0 Å². The van der Waals surface area contributed by atoms with Crippen LogP contribution in [-0.2, 0) is 6.54 Å². The Labute approximate surface area is 167 Å². The van der Waals surface area contributed by atoms with Crippen molar-refractivity contribution in [1.82, 2.24) is 25.4 Å². The Morgan fingerprint density at radius 3 is 2.52 bits per heavy atom. The van der Waals surface area contributed by atoms with Gasteiger partial charge in [-0.1, -0.05) is 29.4 Å². The fraction of sp³-hybridized carbons (Fsp3) is 0.136. The Bertz CT molecular complexity index is 1140. The number of hydrogen-bond donors (Lipinski definition) is 1. The molecule has 3 heterocycles. The zero-order chi connectivity index (χ0) is 20.2. The van der Waals surface area contributed by atoms with Crippen molar-refractivity contribution >= 4 is 5.91 Å². The largest absolute Gasteiger partial charge is 0.356 e. The molecule has 0 fully saturated rings. The summed E-state index contributed by atoms with van der Waals surface area (Å²) >= 11 is 0. The second-order valence-corrected chi connectivity index (χ2v) is 6.63. The first-order chi connectivity index (χ1) is 14.1. The van der Waals surface area contributed by atoms with Gasteiger partial charge in [0, 0.05) is 42.3 Å². The molecular formula is C22H19N5O2. The maximum absolute atomic E-state index is 12.2. The molecule has 144 valence electrons. The molecule has 29 heavy (non-hydrogen) atoms. The number of hydrogen-bond acceptors (Lipinski definition) is 6. The van der Waals surface area contributed by atoms with Crippen LogP contribution in [-0.4, -0.2) is 26.0 Å². The summed E-state index contributed by atoms with van der Waals surface area (Å²) in [5.74, 6) is 1.17. The van der Waals surface area contributed by atoms with Gasteiger partial charge in [0.2, 0.25) is 0 Å². The van der Waals surface area contributed by atoms with Crippen LogP contribution in [0.5, 0.6) is 0 Å². The quantitative estimate of drug-likeness (QED) is 0.562. The monoisotopic (exact) mass is 385 g/mol. The molecule has 7 nitrogen and oxygen atoms in total. The van der Waals surface area contributed by atoms with Crippen molar-refractivity contribution in [2.45, 2.75) is 20.4 Å². The van der Waals surface area contributed by atoms with Gasteiger partial charge in [-0.05, 0) is 31.5 Å². The fourth-order valence-corrected chi connectivity index (χ4v) is 2.93. The summed E-state index contributed by atoms with van der Waals surface area (Å²) in [6.45, 7) is 4.15. The first-order valence-electron chi connectivity index (χ1n) is 9.15. The number of aromatic nitrogens is 4. The normalized spacial score (nSPS) is 10.7. The number of carbonyl (C=O) groups excluding carboxylic acids is 1. The van der Waals surface area contributed by atoms with Crippen molar-refractivity contribution in [2.24, 2.45) is 0 Å². The van der Waals surface area contributed by atoms with Crippen molar-refractivity contribution in [3.05, 3.63) is 83.7 Å². The summed E-state index contributed by atoms with van der Waals surface area (Å²) in [5.41, 5.74) is 4.87. The maximum Gasteiger partial charge on any atom is 0.251 e. The van der Waals surface area contributed by atoms with Gasteiger partial charge >= 0.3 is 0 Å². The van der Waals surface area contributed by atoms with Crippen LogP contribution in [0.4, 0.5) is 0 Å². The third kappa shape index (κ3) is 4.19. The number of carbonyl (C=O) groups is 1. The summed E-state index contributed by atoms with van der Waals surface area (Å²) in [6.07, 6.45) is 4.95. The van der Waals surface area contributed by atoms with Crippen molar-refractivity contribution in [3.63, 3.8) is 0 Å². The zero-order valence-electron chi connectivity index (χ0n) is 16.1. The van der Waals surface area contributed by atoms with Gasteiger partial charge in [0.1, 0.15) is 5.82 Å². The number of rotatable bonds is 5. The predicted octanol–water partition coefficient (Wildman–Crippen LogP) is 3.74. The summed E-state index contributed by atoms with van der Waals surface area (Å²) in [6, 6.07) is 13.1. The van der Waals surface area contributed by atoms with E-state index in [1.54, 1.807) is 30.7 Å². The lowest BCUT2D eigenvalue weighted by Crippen LogP contribution is -2.22. The highest BCUT2D eigenvalue weighted by Crippen LogP contribution is 2.30. The second kappa shape index (κ2) is 8.02. The first-order valence-corrected chi connectivity index (χ1v) is 9.15. The van der Waals surface area contributed by atoms with Gasteiger partial charge < -0.3 is 9.84 Å². The van der Waals surface area contributed by atoms with Crippen LogP contribution in [0, 0.1) is 13.8 Å². The zero-order valence-corrected chi connectivity index (χ0v) is 16.1. The van der Waals surface area contributed by atoms with Gasteiger partial charge in [0.25, 0.3) is 5.91 Å². The molecule has 0 aliphatic rings. The summed E-state index contributed by atoms with van der Waals surface area (Å²) in [7, 11) is 0. The lowest BCUT2D eigenvalue weighted by molar-refractivity contribution is 0.0951. The van der Waals surface area contributed by atoms with E-state index in [4.69, 9.17) is 4.52 Å². The summed E-state index contributed by atoms with van der Waals surface area (Å²) < 4.78 is 5.40. The van der Waals surface area contributed by atoms with E-state index >= 15 is 0 Å². The van der Waals surface area contributed by atoms with Crippen LogP contribution in [0.3, 0.4) is 0 Å². The van der Waals surface area contributed by atoms with E-state index in [2.05, 4.69) is 25.4 Å². The topological polar surface area (TPSA) is 93.8 Å². The van der Waals surface area contributed by atoms with Crippen LogP contribution in [0.15, 0.2) is 65.6 Å². The molecule has 0 aliphatic heterocycles. The smallest absolute Gasteiger partial charge is 0.251 e. The molecule has 0 radical (unpaired) electrons. The fourth-order valence-electron chi connectivity index (χ4n) is 2.93. The van der Waals surface area contributed by atoms with E-state index in [-0.39, 0.29) is 5.91 Å². The highest BCUT2D eigenvalue weighted by Gasteiger charge is 2.14. The van der Waals surface area contributed by atoms with E-state index in [1.165, 1.54) is 0 Å². The number of amides is 1. The Hall–Kier alpha value is -3.87. The van der Waals surface area contributed by atoms with Gasteiger partial charge in [0.15, 0.2) is 5.76 Å². The molecule has 1 N–H and O–H groups in total.